The highest BCUT2D eigenvalue weighted by Gasteiger charge is 2.28. The summed E-state index contributed by atoms with van der Waals surface area (Å²) in [5, 5.41) is 0. The molecule has 24 heavy (non-hydrogen) atoms. The Morgan fingerprint density at radius 2 is 2.04 bits per heavy atom. The van der Waals surface area contributed by atoms with Gasteiger partial charge in [-0.2, -0.15) is 0 Å². The third kappa shape index (κ3) is 3.88. The van der Waals surface area contributed by atoms with Crippen LogP contribution in [0.4, 0.5) is 0 Å². The minimum Gasteiger partial charge on any atom is -0.459 e. The van der Waals surface area contributed by atoms with Crippen LogP contribution in [0.5, 0.6) is 0 Å². The van der Waals surface area contributed by atoms with E-state index >= 15 is 0 Å². The molecule has 1 fully saturated rings. The lowest BCUT2D eigenvalue weighted by molar-refractivity contribution is 0.0459. The minimum absolute atomic E-state index is 0.00654. The number of piperazine rings is 1. The molecule has 1 saturated heterocycles. The molecule has 0 N–H and O–H groups in total. The summed E-state index contributed by atoms with van der Waals surface area (Å²) < 4.78 is 5.24. The predicted octanol–water partition coefficient (Wildman–Crippen LogP) is 3.37. The first-order valence-corrected chi connectivity index (χ1v) is 8.76. The van der Waals surface area contributed by atoms with Crippen molar-refractivity contribution in [2.24, 2.45) is 0 Å². The van der Waals surface area contributed by atoms with Gasteiger partial charge >= 0.3 is 0 Å². The van der Waals surface area contributed by atoms with E-state index in [2.05, 4.69) is 43.0 Å². The summed E-state index contributed by atoms with van der Waals surface area (Å²) in [6.45, 7) is 8.02. The van der Waals surface area contributed by atoms with Gasteiger partial charge in [0.15, 0.2) is 5.76 Å². The lowest BCUT2D eigenvalue weighted by Gasteiger charge is -2.39. The summed E-state index contributed by atoms with van der Waals surface area (Å²) in [7, 11) is 0. The van der Waals surface area contributed by atoms with Crippen LogP contribution in [0.3, 0.4) is 0 Å². The van der Waals surface area contributed by atoms with Crippen molar-refractivity contribution in [1.29, 1.82) is 0 Å². The van der Waals surface area contributed by atoms with Crippen molar-refractivity contribution in [3.05, 3.63) is 59.5 Å². The number of amides is 1. The second-order valence-corrected chi connectivity index (χ2v) is 6.66. The topological polar surface area (TPSA) is 36.7 Å². The first-order chi connectivity index (χ1) is 11.6. The smallest absolute Gasteiger partial charge is 0.289 e. The second kappa shape index (κ2) is 7.67. The van der Waals surface area contributed by atoms with Crippen molar-refractivity contribution in [2.45, 2.75) is 32.7 Å². The van der Waals surface area contributed by atoms with E-state index in [4.69, 9.17) is 4.42 Å². The molecule has 0 aliphatic carbocycles. The SMILES string of the molecule is Cc1ccccc1CCCN1CCN(C(=O)c2ccco2)C(C)C1. The lowest BCUT2D eigenvalue weighted by atomic mass is 10.0. The zero-order valence-corrected chi connectivity index (χ0v) is 14.6. The van der Waals surface area contributed by atoms with Crippen LogP contribution < -0.4 is 0 Å². The van der Waals surface area contributed by atoms with E-state index < -0.39 is 0 Å². The van der Waals surface area contributed by atoms with E-state index in [0.29, 0.717) is 5.76 Å². The summed E-state index contributed by atoms with van der Waals surface area (Å²) >= 11 is 0. The number of benzene rings is 1. The minimum atomic E-state index is 0.00654. The molecule has 1 aromatic heterocycles. The third-order valence-electron chi connectivity index (χ3n) is 4.89. The van der Waals surface area contributed by atoms with Crippen LogP contribution in [0.15, 0.2) is 47.1 Å². The lowest BCUT2D eigenvalue weighted by Crippen LogP contribution is -2.54. The van der Waals surface area contributed by atoms with Gasteiger partial charge in [-0.25, -0.2) is 0 Å². The predicted molar refractivity (Wildman–Crippen MR) is 95.1 cm³/mol. The van der Waals surface area contributed by atoms with Gasteiger partial charge in [0.2, 0.25) is 0 Å². The standard InChI is InChI=1S/C20H26N2O2/c1-16-7-3-4-8-18(16)9-5-11-21-12-13-22(17(2)15-21)20(23)19-10-6-14-24-19/h3-4,6-8,10,14,17H,5,9,11-13,15H2,1-2H3. The number of hydrogen-bond donors (Lipinski definition) is 0. The molecule has 1 atom stereocenters. The Balaban J connectivity index is 1.47. The van der Waals surface area contributed by atoms with Crippen LogP contribution in [0.25, 0.3) is 0 Å². The molecule has 0 bridgehead atoms. The molecule has 2 heterocycles. The molecule has 1 amide bonds. The highest BCUT2D eigenvalue weighted by molar-refractivity contribution is 5.91. The van der Waals surface area contributed by atoms with Crippen LogP contribution in [-0.2, 0) is 6.42 Å². The molecule has 128 valence electrons. The van der Waals surface area contributed by atoms with Crippen LogP contribution in [-0.4, -0.2) is 47.9 Å². The van der Waals surface area contributed by atoms with Crippen LogP contribution in [0.1, 0.15) is 35.0 Å². The van der Waals surface area contributed by atoms with Crippen molar-refractivity contribution < 1.29 is 9.21 Å². The molecule has 2 aromatic rings. The molecular weight excluding hydrogens is 300 g/mol. The molecule has 3 rings (SSSR count). The Morgan fingerprint density at radius 3 is 2.75 bits per heavy atom. The van der Waals surface area contributed by atoms with Gasteiger partial charge in [0, 0.05) is 25.7 Å². The van der Waals surface area contributed by atoms with E-state index in [-0.39, 0.29) is 11.9 Å². The number of carbonyl (C=O) groups excluding carboxylic acids is 1. The zero-order chi connectivity index (χ0) is 16.9. The number of aryl methyl sites for hydroxylation is 2. The van der Waals surface area contributed by atoms with E-state index in [1.165, 1.54) is 11.1 Å². The summed E-state index contributed by atoms with van der Waals surface area (Å²) in [6, 6.07) is 12.3. The second-order valence-electron chi connectivity index (χ2n) is 6.66. The number of furan rings is 1. The first kappa shape index (κ1) is 16.8. The average molecular weight is 326 g/mol. The van der Waals surface area contributed by atoms with E-state index in [1.54, 1.807) is 18.4 Å². The van der Waals surface area contributed by atoms with Gasteiger partial charge in [0.25, 0.3) is 5.91 Å². The van der Waals surface area contributed by atoms with Crippen molar-refractivity contribution in [1.82, 2.24) is 9.80 Å². The van der Waals surface area contributed by atoms with Crippen LogP contribution in [0, 0.1) is 6.92 Å². The third-order valence-corrected chi connectivity index (χ3v) is 4.89. The first-order valence-electron chi connectivity index (χ1n) is 8.76. The summed E-state index contributed by atoms with van der Waals surface area (Å²) in [5.41, 5.74) is 2.82. The molecule has 1 aliphatic heterocycles. The van der Waals surface area contributed by atoms with Gasteiger partial charge in [-0.1, -0.05) is 24.3 Å². The maximum absolute atomic E-state index is 12.4. The van der Waals surface area contributed by atoms with Crippen molar-refractivity contribution in [3.63, 3.8) is 0 Å². The maximum atomic E-state index is 12.4. The number of carbonyl (C=O) groups is 1. The molecule has 0 radical (unpaired) electrons. The molecule has 1 unspecified atom stereocenters. The van der Waals surface area contributed by atoms with Crippen molar-refractivity contribution in [2.75, 3.05) is 26.2 Å². The van der Waals surface area contributed by atoms with Gasteiger partial charge in [0.1, 0.15) is 0 Å². The quantitative estimate of drug-likeness (QED) is 0.845. The van der Waals surface area contributed by atoms with Crippen molar-refractivity contribution >= 4 is 5.91 Å². The Morgan fingerprint density at radius 1 is 1.21 bits per heavy atom. The summed E-state index contributed by atoms with van der Waals surface area (Å²) in [6.07, 6.45) is 3.83. The number of rotatable bonds is 5. The molecule has 4 nitrogen and oxygen atoms in total. The Bertz CT molecular complexity index is 666. The van der Waals surface area contributed by atoms with Crippen LogP contribution >= 0.6 is 0 Å². The Kier molecular flexibility index (Phi) is 5.36. The van der Waals surface area contributed by atoms with Gasteiger partial charge in [0.05, 0.1) is 6.26 Å². The normalized spacial score (nSPS) is 18.8. The van der Waals surface area contributed by atoms with Crippen LogP contribution in [0.2, 0.25) is 0 Å². The fourth-order valence-electron chi connectivity index (χ4n) is 3.46. The molecule has 4 heteroatoms. The Hall–Kier alpha value is -2.07. The molecule has 0 saturated carbocycles. The summed E-state index contributed by atoms with van der Waals surface area (Å²) in [4.78, 5) is 16.8. The highest BCUT2D eigenvalue weighted by Crippen LogP contribution is 2.16. The average Bonchev–Trinajstić information content (AvgIpc) is 3.11. The van der Waals surface area contributed by atoms with Gasteiger partial charge in [-0.15, -0.1) is 0 Å². The zero-order valence-electron chi connectivity index (χ0n) is 14.6. The van der Waals surface area contributed by atoms with E-state index in [9.17, 15) is 4.79 Å². The van der Waals surface area contributed by atoms with Gasteiger partial charge in [-0.05, 0) is 56.5 Å². The maximum Gasteiger partial charge on any atom is 0.289 e. The fraction of sp³-hybridized carbons (Fsp3) is 0.450. The molecule has 1 aliphatic rings. The van der Waals surface area contributed by atoms with Crippen molar-refractivity contribution in [3.8, 4) is 0 Å². The molecule has 0 spiro atoms. The van der Waals surface area contributed by atoms with E-state index in [1.807, 2.05) is 4.90 Å². The Labute approximate surface area is 144 Å². The van der Waals surface area contributed by atoms with E-state index in [0.717, 1.165) is 39.0 Å². The molecular formula is C20H26N2O2. The van der Waals surface area contributed by atoms with Gasteiger partial charge < -0.3 is 9.32 Å². The fourth-order valence-corrected chi connectivity index (χ4v) is 3.46. The number of nitrogens with zero attached hydrogens (tertiary/aromatic N) is 2. The monoisotopic (exact) mass is 326 g/mol. The van der Waals surface area contributed by atoms with Gasteiger partial charge in [-0.3, -0.25) is 9.69 Å². The summed E-state index contributed by atoms with van der Waals surface area (Å²) in [5.74, 6) is 0.446. The highest BCUT2D eigenvalue weighted by atomic mass is 16.3. The largest absolute Gasteiger partial charge is 0.459 e. The number of hydrogen-bond acceptors (Lipinski definition) is 3. The molecule has 1 aromatic carbocycles.